The van der Waals surface area contributed by atoms with Crippen LogP contribution in [0, 0.1) is 0 Å². The third-order valence-corrected chi connectivity index (χ3v) is 6.42. The molecular weight excluding hydrogens is 470 g/mol. The van der Waals surface area contributed by atoms with E-state index in [9.17, 15) is 9.59 Å². The van der Waals surface area contributed by atoms with Crippen molar-refractivity contribution in [2.24, 2.45) is 0 Å². The number of esters is 1. The number of benzene rings is 3. The molecule has 5 rings (SSSR count). The summed E-state index contributed by atoms with van der Waals surface area (Å²) >= 11 is 0. The molecule has 37 heavy (non-hydrogen) atoms. The molecule has 3 aromatic carbocycles. The molecule has 188 valence electrons. The molecule has 1 N–H and O–H groups in total. The van der Waals surface area contributed by atoms with Crippen LogP contribution in [0.1, 0.15) is 33.4 Å². The third-order valence-electron chi connectivity index (χ3n) is 6.42. The lowest BCUT2D eigenvalue weighted by molar-refractivity contribution is 0.0595. The summed E-state index contributed by atoms with van der Waals surface area (Å²) < 4.78 is 16.3. The summed E-state index contributed by atoms with van der Waals surface area (Å²) in [7, 11) is 5.16. The number of rotatable bonds is 7. The molecule has 8 nitrogen and oxygen atoms in total. The molecule has 1 aliphatic carbocycles. The monoisotopic (exact) mass is 497 g/mol. The zero-order valence-corrected chi connectivity index (χ0v) is 20.9. The Morgan fingerprint density at radius 3 is 2.16 bits per heavy atom. The normalized spacial score (nSPS) is 12.0. The van der Waals surface area contributed by atoms with E-state index in [2.05, 4.69) is 34.6 Å². The Kier molecular flexibility index (Phi) is 6.64. The number of hydrogen-bond donors (Lipinski definition) is 1. The van der Waals surface area contributed by atoms with Crippen molar-refractivity contribution in [2.75, 3.05) is 32.7 Å². The Morgan fingerprint density at radius 2 is 1.57 bits per heavy atom. The van der Waals surface area contributed by atoms with Crippen LogP contribution >= 0.6 is 0 Å². The largest absolute Gasteiger partial charge is 0.464 e. The first-order valence-electron chi connectivity index (χ1n) is 11.9. The summed E-state index contributed by atoms with van der Waals surface area (Å²) in [6, 6.07) is 23.8. The molecule has 0 atom stereocenters. The second-order valence-electron chi connectivity index (χ2n) is 8.90. The van der Waals surface area contributed by atoms with Crippen LogP contribution in [-0.2, 0) is 16.0 Å². The summed E-state index contributed by atoms with van der Waals surface area (Å²) in [5.41, 5.74) is 6.31. The second kappa shape index (κ2) is 10.2. The van der Waals surface area contributed by atoms with Crippen LogP contribution in [-0.4, -0.2) is 44.9 Å². The van der Waals surface area contributed by atoms with Gasteiger partial charge in [0.25, 0.3) is 0 Å². The van der Waals surface area contributed by atoms with Crippen LogP contribution < -0.4 is 10.2 Å². The van der Waals surface area contributed by atoms with Crippen molar-refractivity contribution in [3.63, 3.8) is 0 Å². The van der Waals surface area contributed by atoms with Crippen LogP contribution in [0.15, 0.2) is 77.2 Å². The predicted molar refractivity (Wildman–Crippen MR) is 140 cm³/mol. The van der Waals surface area contributed by atoms with Gasteiger partial charge in [0.1, 0.15) is 6.61 Å². The summed E-state index contributed by atoms with van der Waals surface area (Å²) in [5.74, 6) is -0.215. The van der Waals surface area contributed by atoms with Crippen molar-refractivity contribution in [1.29, 1.82) is 0 Å². The van der Waals surface area contributed by atoms with Gasteiger partial charge < -0.3 is 24.1 Å². The van der Waals surface area contributed by atoms with Crippen LogP contribution in [0.2, 0.25) is 0 Å². The first kappa shape index (κ1) is 24.1. The fraction of sp³-hybridized carbons (Fsp3) is 0.207. The number of alkyl carbamates (subject to hydrolysis) is 1. The Bertz CT molecular complexity index is 1400. The summed E-state index contributed by atoms with van der Waals surface area (Å²) in [5, 5.41) is 2.67. The molecule has 0 saturated heterocycles. The van der Waals surface area contributed by atoms with E-state index in [0.29, 0.717) is 5.56 Å². The molecule has 1 heterocycles. The number of ether oxygens (including phenoxy) is 2. The van der Waals surface area contributed by atoms with Crippen LogP contribution in [0.4, 0.5) is 10.5 Å². The van der Waals surface area contributed by atoms with Crippen LogP contribution in [0.3, 0.4) is 0 Å². The van der Waals surface area contributed by atoms with E-state index in [4.69, 9.17) is 13.9 Å². The van der Waals surface area contributed by atoms with Crippen molar-refractivity contribution < 1.29 is 23.5 Å². The number of hydrogen-bond acceptors (Lipinski definition) is 7. The second-order valence-corrected chi connectivity index (χ2v) is 8.90. The first-order valence-corrected chi connectivity index (χ1v) is 11.9. The fourth-order valence-corrected chi connectivity index (χ4v) is 4.58. The van der Waals surface area contributed by atoms with E-state index < -0.39 is 12.1 Å². The van der Waals surface area contributed by atoms with Gasteiger partial charge in [0, 0.05) is 31.3 Å². The van der Waals surface area contributed by atoms with E-state index >= 15 is 0 Å². The number of carbonyl (C=O) groups excluding carboxylic acids is 2. The maximum absolute atomic E-state index is 12.6. The molecule has 0 fully saturated rings. The standard InChI is InChI=1S/C29H27N3O5/c1-32(2)19-14-12-18(13-15-19)27-26(28(33)35-3)31-25(37-27)16-30-29(34)36-17-24-22-10-6-4-8-20(22)21-9-5-7-11-23(21)24/h4-15,24H,16-17H2,1-3H3,(H,30,34). The summed E-state index contributed by atoms with van der Waals surface area (Å²) in [6.45, 7) is 0.152. The number of oxazole rings is 1. The van der Waals surface area contributed by atoms with E-state index in [1.165, 1.54) is 7.11 Å². The van der Waals surface area contributed by atoms with Gasteiger partial charge in [-0.15, -0.1) is 0 Å². The number of methoxy groups -OCH3 is 1. The third kappa shape index (κ3) is 4.78. The van der Waals surface area contributed by atoms with Gasteiger partial charge in [-0.05, 0) is 46.5 Å². The van der Waals surface area contributed by atoms with E-state index in [1.54, 1.807) is 0 Å². The van der Waals surface area contributed by atoms with Crippen molar-refractivity contribution in [3.8, 4) is 22.5 Å². The topological polar surface area (TPSA) is 93.9 Å². The van der Waals surface area contributed by atoms with Crippen LogP contribution in [0.5, 0.6) is 0 Å². The lowest BCUT2D eigenvalue weighted by atomic mass is 9.98. The Balaban J connectivity index is 1.26. The van der Waals surface area contributed by atoms with Gasteiger partial charge in [-0.2, -0.15) is 0 Å². The first-order chi connectivity index (χ1) is 18.0. The molecule has 0 aliphatic heterocycles. The minimum atomic E-state index is -0.622. The van der Waals surface area contributed by atoms with E-state index in [-0.39, 0.29) is 36.4 Å². The molecule has 0 saturated carbocycles. The Hall–Kier alpha value is -4.59. The van der Waals surface area contributed by atoms with Gasteiger partial charge in [0.15, 0.2) is 11.5 Å². The number of nitrogens with one attached hydrogen (secondary N) is 1. The SMILES string of the molecule is COC(=O)c1nc(CNC(=O)OCC2c3ccccc3-c3ccccc32)oc1-c1ccc(N(C)C)cc1. The lowest BCUT2D eigenvalue weighted by Crippen LogP contribution is -2.25. The Labute approximate surface area is 214 Å². The zero-order chi connectivity index (χ0) is 25.9. The molecule has 8 heteroatoms. The van der Waals surface area contributed by atoms with Gasteiger partial charge in [-0.25, -0.2) is 14.6 Å². The average molecular weight is 498 g/mol. The Morgan fingerprint density at radius 1 is 0.946 bits per heavy atom. The lowest BCUT2D eigenvalue weighted by Gasteiger charge is -2.14. The van der Waals surface area contributed by atoms with Crippen molar-refractivity contribution in [2.45, 2.75) is 12.5 Å². The van der Waals surface area contributed by atoms with Crippen molar-refractivity contribution in [3.05, 3.63) is 95.5 Å². The molecule has 0 radical (unpaired) electrons. The number of aromatic nitrogens is 1. The van der Waals surface area contributed by atoms with Crippen LogP contribution in [0.25, 0.3) is 22.5 Å². The highest BCUT2D eigenvalue weighted by atomic mass is 16.5. The molecule has 0 unspecified atom stereocenters. The quantitative estimate of drug-likeness (QED) is 0.349. The highest BCUT2D eigenvalue weighted by molar-refractivity contribution is 5.93. The van der Waals surface area contributed by atoms with Crippen molar-refractivity contribution >= 4 is 17.7 Å². The summed E-state index contributed by atoms with van der Waals surface area (Å²) in [6.07, 6.45) is -0.600. The number of nitrogens with zero attached hydrogens (tertiary/aromatic N) is 2. The number of anilines is 1. The number of amides is 1. The molecule has 0 spiro atoms. The summed E-state index contributed by atoms with van der Waals surface area (Å²) in [4.78, 5) is 31.1. The van der Waals surface area contributed by atoms with Gasteiger partial charge >= 0.3 is 12.1 Å². The van der Waals surface area contributed by atoms with Gasteiger partial charge in [0.05, 0.1) is 13.7 Å². The maximum Gasteiger partial charge on any atom is 0.407 e. The fourth-order valence-electron chi connectivity index (χ4n) is 4.58. The van der Waals surface area contributed by atoms with E-state index in [1.807, 2.05) is 67.5 Å². The highest BCUT2D eigenvalue weighted by Gasteiger charge is 2.29. The smallest absolute Gasteiger partial charge is 0.407 e. The van der Waals surface area contributed by atoms with Crippen molar-refractivity contribution in [1.82, 2.24) is 10.3 Å². The van der Waals surface area contributed by atoms with Gasteiger partial charge in [0.2, 0.25) is 5.89 Å². The predicted octanol–water partition coefficient (Wildman–Crippen LogP) is 5.23. The molecule has 1 amide bonds. The maximum atomic E-state index is 12.6. The molecular formula is C29H27N3O5. The number of fused-ring (bicyclic) bond motifs is 3. The highest BCUT2D eigenvalue weighted by Crippen LogP contribution is 2.44. The average Bonchev–Trinajstić information content (AvgIpc) is 3.50. The molecule has 0 bridgehead atoms. The molecule has 4 aromatic rings. The minimum Gasteiger partial charge on any atom is -0.464 e. The molecule has 1 aliphatic rings. The van der Waals surface area contributed by atoms with Gasteiger partial charge in [-0.3, -0.25) is 0 Å². The molecule has 1 aromatic heterocycles. The van der Waals surface area contributed by atoms with E-state index in [0.717, 1.165) is 27.9 Å². The minimum absolute atomic E-state index is 0.0393. The van der Waals surface area contributed by atoms with Gasteiger partial charge in [-0.1, -0.05) is 48.5 Å². The zero-order valence-electron chi connectivity index (χ0n) is 20.9. The number of carbonyl (C=O) groups is 2.